The standard InChI is InChI=1S/C9H16N2O4S/c1-11(7-6-9(12)13)16(14,15)10-8-4-2-3-5-8/h2-3,8,10H,4-7H2,1H3,(H,12,13). The van der Waals surface area contributed by atoms with Gasteiger partial charge in [-0.05, 0) is 12.8 Å². The first-order valence-electron chi connectivity index (χ1n) is 5.02. The van der Waals surface area contributed by atoms with Crippen molar-refractivity contribution in [1.29, 1.82) is 0 Å². The maximum absolute atomic E-state index is 11.7. The molecule has 0 fully saturated rings. The zero-order valence-corrected chi connectivity index (χ0v) is 9.90. The molecule has 1 aliphatic carbocycles. The molecule has 1 aliphatic rings. The van der Waals surface area contributed by atoms with E-state index < -0.39 is 16.2 Å². The second kappa shape index (κ2) is 5.42. The maximum atomic E-state index is 11.7. The second-order valence-corrected chi connectivity index (χ2v) is 5.54. The van der Waals surface area contributed by atoms with Crippen molar-refractivity contribution >= 4 is 16.2 Å². The molecule has 1 rings (SSSR count). The number of carboxylic acids is 1. The van der Waals surface area contributed by atoms with Crippen LogP contribution in [-0.2, 0) is 15.0 Å². The van der Waals surface area contributed by atoms with Crippen molar-refractivity contribution in [3.63, 3.8) is 0 Å². The van der Waals surface area contributed by atoms with Crippen molar-refractivity contribution in [2.24, 2.45) is 0 Å². The van der Waals surface area contributed by atoms with Crippen LogP contribution < -0.4 is 4.72 Å². The molecule has 0 unspecified atom stereocenters. The van der Waals surface area contributed by atoms with Crippen LogP contribution in [0, 0.1) is 0 Å². The fourth-order valence-corrected chi connectivity index (χ4v) is 2.51. The summed E-state index contributed by atoms with van der Waals surface area (Å²) in [6.07, 6.45) is 5.02. The SMILES string of the molecule is CN(CCC(=O)O)S(=O)(=O)NC1CC=CC1. The van der Waals surface area contributed by atoms with Crippen molar-refractivity contribution in [1.82, 2.24) is 9.03 Å². The lowest BCUT2D eigenvalue weighted by molar-refractivity contribution is -0.137. The van der Waals surface area contributed by atoms with E-state index in [0.29, 0.717) is 12.8 Å². The largest absolute Gasteiger partial charge is 0.481 e. The van der Waals surface area contributed by atoms with Crippen LogP contribution >= 0.6 is 0 Å². The number of aliphatic carboxylic acids is 1. The summed E-state index contributed by atoms with van der Waals surface area (Å²) in [5, 5.41) is 8.46. The third-order valence-electron chi connectivity index (χ3n) is 2.37. The zero-order chi connectivity index (χ0) is 12.2. The number of carboxylic acid groups (broad SMARTS) is 1. The fraction of sp³-hybridized carbons (Fsp3) is 0.667. The fourth-order valence-electron chi connectivity index (χ4n) is 1.39. The molecule has 0 aromatic rings. The Morgan fingerprint density at radius 3 is 2.56 bits per heavy atom. The minimum absolute atomic E-state index is 0.0230. The van der Waals surface area contributed by atoms with Crippen LogP contribution in [0.3, 0.4) is 0 Å². The average Bonchev–Trinajstić information content (AvgIpc) is 2.65. The van der Waals surface area contributed by atoms with Crippen LogP contribution in [0.5, 0.6) is 0 Å². The number of hydrogen-bond acceptors (Lipinski definition) is 3. The van der Waals surface area contributed by atoms with Crippen LogP contribution in [-0.4, -0.2) is 43.4 Å². The van der Waals surface area contributed by atoms with E-state index in [1.54, 1.807) is 0 Å². The first-order chi connectivity index (χ1) is 7.42. The summed E-state index contributed by atoms with van der Waals surface area (Å²) in [4.78, 5) is 10.3. The predicted molar refractivity (Wildman–Crippen MR) is 59.1 cm³/mol. The Morgan fingerprint density at radius 2 is 2.06 bits per heavy atom. The lowest BCUT2D eigenvalue weighted by atomic mass is 10.3. The summed E-state index contributed by atoms with van der Waals surface area (Å²) in [5.41, 5.74) is 0. The molecule has 6 nitrogen and oxygen atoms in total. The molecule has 0 aromatic carbocycles. The van der Waals surface area contributed by atoms with Gasteiger partial charge in [0.05, 0.1) is 6.42 Å². The average molecular weight is 248 g/mol. The highest BCUT2D eigenvalue weighted by Crippen LogP contribution is 2.11. The van der Waals surface area contributed by atoms with Crippen LogP contribution in [0.2, 0.25) is 0 Å². The molecule has 0 atom stereocenters. The van der Waals surface area contributed by atoms with E-state index in [1.807, 2.05) is 12.2 Å². The highest BCUT2D eigenvalue weighted by atomic mass is 32.2. The zero-order valence-electron chi connectivity index (χ0n) is 9.09. The molecule has 92 valence electrons. The molecule has 0 heterocycles. The third-order valence-corrected chi connectivity index (χ3v) is 4.01. The Bertz CT molecular complexity index is 369. The van der Waals surface area contributed by atoms with Gasteiger partial charge in [0.25, 0.3) is 10.2 Å². The number of nitrogens with one attached hydrogen (secondary N) is 1. The van der Waals surface area contributed by atoms with Gasteiger partial charge in [-0.2, -0.15) is 17.4 Å². The van der Waals surface area contributed by atoms with E-state index in [4.69, 9.17) is 5.11 Å². The van der Waals surface area contributed by atoms with Crippen molar-refractivity contribution in [2.75, 3.05) is 13.6 Å². The number of nitrogens with zero attached hydrogens (tertiary/aromatic N) is 1. The van der Waals surface area contributed by atoms with Crippen molar-refractivity contribution in [3.05, 3.63) is 12.2 Å². The lowest BCUT2D eigenvalue weighted by Crippen LogP contribution is -2.43. The monoisotopic (exact) mass is 248 g/mol. The van der Waals surface area contributed by atoms with E-state index in [9.17, 15) is 13.2 Å². The Kier molecular flexibility index (Phi) is 4.45. The van der Waals surface area contributed by atoms with Gasteiger partial charge in [0.15, 0.2) is 0 Å². The molecule has 0 saturated carbocycles. The minimum atomic E-state index is -3.56. The van der Waals surface area contributed by atoms with Crippen molar-refractivity contribution < 1.29 is 18.3 Å². The van der Waals surface area contributed by atoms with Gasteiger partial charge in [0.2, 0.25) is 0 Å². The maximum Gasteiger partial charge on any atom is 0.304 e. The van der Waals surface area contributed by atoms with Crippen molar-refractivity contribution in [3.8, 4) is 0 Å². The van der Waals surface area contributed by atoms with Gasteiger partial charge < -0.3 is 5.11 Å². The third kappa shape index (κ3) is 3.92. The molecular formula is C9H16N2O4S. The summed E-state index contributed by atoms with van der Waals surface area (Å²) in [6, 6.07) is -0.0997. The first-order valence-corrected chi connectivity index (χ1v) is 6.46. The first kappa shape index (κ1) is 13.1. The normalized spacial score (nSPS) is 17.1. The molecule has 7 heteroatoms. The van der Waals surface area contributed by atoms with Crippen LogP contribution in [0.25, 0.3) is 0 Å². The second-order valence-electron chi connectivity index (χ2n) is 3.73. The Hall–Kier alpha value is -0.920. The molecule has 16 heavy (non-hydrogen) atoms. The molecule has 0 aromatic heterocycles. The quantitative estimate of drug-likeness (QED) is 0.645. The summed E-state index contributed by atoms with van der Waals surface area (Å²) in [5.74, 6) is -1.01. The van der Waals surface area contributed by atoms with E-state index in [0.717, 1.165) is 4.31 Å². The van der Waals surface area contributed by atoms with Crippen LogP contribution in [0.4, 0.5) is 0 Å². The van der Waals surface area contributed by atoms with Gasteiger partial charge in [-0.3, -0.25) is 4.79 Å². The molecule has 0 radical (unpaired) electrons. The Labute approximate surface area is 95.1 Å². The molecule has 2 N–H and O–H groups in total. The molecule has 0 aliphatic heterocycles. The number of hydrogen-bond donors (Lipinski definition) is 2. The molecular weight excluding hydrogens is 232 g/mol. The minimum Gasteiger partial charge on any atom is -0.481 e. The summed E-state index contributed by atoms with van der Waals surface area (Å²) < 4.78 is 26.9. The van der Waals surface area contributed by atoms with E-state index in [1.165, 1.54) is 7.05 Å². The van der Waals surface area contributed by atoms with E-state index >= 15 is 0 Å². The van der Waals surface area contributed by atoms with Gasteiger partial charge in [0.1, 0.15) is 0 Å². The number of rotatable bonds is 6. The predicted octanol–water partition coefficient (Wildman–Crippen LogP) is -0.0541. The van der Waals surface area contributed by atoms with E-state index in [2.05, 4.69) is 4.72 Å². The lowest BCUT2D eigenvalue weighted by Gasteiger charge is -2.19. The molecule has 0 spiro atoms. The summed E-state index contributed by atoms with van der Waals surface area (Å²) >= 11 is 0. The van der Waals surface area contributed by atoms with Gasteiger partial charge >= 0.3 is 5.97 Å². The topological polar surface area (TPSA) is 86.7 Å². The molecule has 0 bridgehead atoms. The molecule has 0 amide bonds. The number of carbonyl (C=O) groups is 1. The highest BCUT2D eigenvalue weighted by molar-refractivity contribution is 7.87. The Morgan fingerprint density at radius 1 is 1.50 bits per heavy atom. The van der Waals surface area contributed by atoms with Gasteiger partial charge in [-0.15, -0.1) is 0 Å². The summed E-state index contributed by atoms with van der Waals surface area (Å²) in [6.45, 7) is -0.0230. The van der Waals surface area contributed by atoms with E-state index in [-0.39, 0.29) is 19.0 Å². The van der Waals surface area contributed by atoms with Crippen molar-refractivity contribution in [2.45, 2.75) is 25.3 Å². The summed E-state index contributed by atoms with van der Waals surface area (Å²) in [7, 11) is -2.19. The van der Waals surface area contributed by atoms with Crippen LogP contribution in [0.1, 0.15) is 19.3 Å². The Balaban J connectivity index is 2.45. The van der Waals surface area contributed by atoms with Gasteiger partial charge in [0, 0.05) is 19.6 Å². The van der Waals surface area contributed by atoms with Crippen LogP contribution in [0.15, 0.2) is 12.2 Å². The smallest absolute Gasteiger partial charge is 0.304 e. The van der Waals surface area contributed by atoms with Gasteiger partial charge in [-0.25, -0.2) is 0 Å². The highest BCUT2D eigenvalue weighted by Gasteiger charge is 2.22. The van der Waals surface area contributed by atoms with Gasteiger partial charge in [-0.1, -0.05) is 12.2 Å². The molecule has 0 saturated heterocycles.